The molecule has 1 heterocycles. The van der Waals surface area contributed by atoms with Gasteiger partial charge in [0, 0.05) is 10.8 Å². The fraction of sp³-hybridized carbons (Fsp3) is 0.238. The monoisotopic (exact) mass is 367 g/mol. The van der Waals surface area contributed by atoms with Crippen molar-refractivity contribution in [2.45, 2.75) is 26.0 Å². The standard InChI is InChI=1S/C21H21NO3S/c1-13(2)26-19-18(16-10-5-6-11-17(16)25-4)20(23)22(21(19)24)15-9-7-8-14(3)12-15/h5-13H,1-4H3. The van der Waals surface area contributed by atoms with Gasteiger partial charge in [0.05, 0.1) is 23.3 Å². The molecular weight excluding hydrogens is 346 g/mol. The Balaban J connectivity index is 2.16. The van der Waals surface area contributed by atoms with Gasteiger partial charge in [-0.15, -0.1) is 11.8 Å². The van der Waals surface area contributed by atoms with E-state index in [1.165, 1.54) is 16.7 Å². The van der Waals surface area contributed by atoms with E-state index in [1.807, 2.05) is 57.2 Å². The van der Waals surface area contributed by atoms with Gasteiger partial charge in [0.2, 0.25) is 0 Å². The SMILES string of the molecule is COc1ccccc1C1=C(SC(C)C)C(=O)N(c2cccc(C)c2)C1=O. The first-order chi connectivity index (χ1) is 12.4. The molecule has 134 valence electrons. The Morgan fingerprint density at radius 1 is 1.00 bits per heavy atom. The first-order valence-corrected chi connectivity index (χ1v) is 9.31. The molecule has 0 aliphatic carbocycles. The molecule has 0 saturated carbocycles. The number of carbonyl (C=O) groups excluding carboxylic acids is 2. The molecule has 3 rings (SSSR count). The zero-order valence-corrected chi connectivity index (χ0v) is 16.1. The van der Waals surface area contributed by atoms with Crippen molar-refractivity contribution in [1.82, 2.24) is 0 Å². The van der Waals surface area contributed by atoms with Crippen LogP contribution in [0.3, 0.4) is 0 Å². The smallest absolute Gasteiger partial charge is 0.272 e. The van der Waals surface area contributed by atoms with E-state index in [0.29, 0.717) is 27.5 Å². The molecule has 2 aromatic rings. The number of carbonyl (C=O) groups is 2. The lowest BCUT2D eigenvalue weighted by molar-refractivity contribution is -0.119. The summed E-state index contributed by atoms with van der Waals surface area (Å²) in [7, 11) is 1.56. The lowest BCUT2D eigenvalue weighted by Crippen LogP contribution is -2.31. The van der Waals surface area contributed by atoms with E-state index in [2.05, 4.69) is 0 Å². The Labute approximate surface area is 157 Å². The largest absolute Gasteiger partial charge is 0.496 e. The number of para-hydroxylation sites is 1. The zero-order chi connectivity index (χ0) is 18.8. The van der Waals surface area contributed by atoms with Gasteiger partial charge < -0.3 is 4.74 Å². The van der Waals surface area contributed by atoms with E-state index in [4.69, 9.17) is 4.74 Å². The molecule has 1 aliphatic heterocycles. The molecule has 0 fully saturated rings. The van der Waals surface area contributed by atoms with Crippen LogP contribution in [0.25, 0.3) is 5.57 Å². The molecule has 0 bridgehead atoms. The minimum Gasteiger partial charge on any atom is -0.496 e. The number of rotatable bonds is 5. The van der Waals surface area contributed by atoms with Gasteiger partial charge in [-0.3, -0.25) is 9.59 Å². The third-order valence-corrected chi connectivity index (χ3v) is 5.12. The van der Waals surface area contributed by atoms with E-state index in [1.54, 1.807) is 19.2 Å². The normalized spacial score (nSPS) is 14.6. The van der Waals surface area contributed by atoms with Crippen LogP contribution in [-0.4, -0.2) is 24.2 Å². The Kier molecular flexibility index (Phi) is 5.18. The number of aryl methyl sites for hydroxylation is 1. The van der Waals surface area contributed by atoms with Gasteiger partial charge >= 0.3 is 0 Å². The fourth-order valence-electron chi connectivity index (χ4n) is 2.94. The number of amides is 2. The molecule has 0 N–H and O–H groups in total. The molecule has 2 aromatic carbocycles. The number of anilines is 1. The van der Waals surface area contributed by atoms with Crippen LogP contribution < -0.4 is 9.64 Å². The number of thioether (sulfide) groups is 1. The number of hydrogen-bond donors (Lipinski definition) is 0. The van der Waals surface area contributed by atoms with Gasteiger partial charge in [-0.25, -0.2) is 4.90 Å². The third kappa shape index (κ3) is 3.27. The molecule has 1 aliphatic rings. The number of hydrogen-bond acceptors (Lipinski definition) is 4. The first-order valence-electron chi connectivity index (χ1n) is 8.43. The van der Waals surface area contributed by atoms with Crippen molar-refractivity contribution in [3.05, 3.63) is 64.6 Å². The van der Waals surface area contributed by atoms with Crippen molar-refractivity contribution in [1.29, 1.82) is 0 Å². The third-order valence-electron chi connectivity index (χ3n) is 4.03. The van der Waals surface area contributed by atoms with Crippen molar-refractivity contribution >= 4 is 34.8 Å². The maximum absolute atomic E-state index is 13.3. The highest BCUT2D eigenvalue weighted by Gasteiger charge is 2.41. The van der Waals surface area contributed by atoms with Crippen LogP contribution in [0.4, 0.5) is 5.69 Å². The van der Waals surface area contributed by atoms with Crippen LogP contribution in [0.5, 0.6) is 5.75 Å². The molecule has 0 atom stereocenters. The first kappa shape index (κ1) is 18.3. The maximum Gasteiger partial charge on any atom is 0.272 e. The number of imide groups is 1. The van der Waals surface area contributed by atoms with E-state index in [0.717, 1.165) is 5.56 Å². The van der Waals surface area contributed by atoms with Crippen LogP contribution in [0.1, 0.15) is 25.0 Å². The van der Waals surface area contributed by atoms with Gasteiger partial charge in [-0.2, -0.15) is 0 Å². The quantitative estimate of drug-likeness (QED) is 0.734. The van der Waals surface area contributed by atoms with Gasteiger partial charge in [-0.05, 0) is 30.7 Å². The minimum atomic E-state index is -0.312. The van der Waals surface area contributed by atoms with Crippen molar-refractivity contribution in [3.8, 4) is 5.75 Å². The number of benzene rings is 2. The van der Waals surface area contributed by atoms with Crippen molar-refractivity contribution < 1.29 is 14.3 Å². The fourth-order valence-corrected chi connectivity index (χ4v) is 3.92. The minimum absolute atomic E-state index is 0.170. The van der Waals surface area contributed by atoms with Crippen LogP contribution >= 0.6 is 11.8 Å². The molecular formula is C21H21NO3S. The Hall–Kier alpha value is -2.53. The predicted molar refractivity (Wildman–Crippen MR) is 106 cm³/mol. The molecule has 26 heavy (non-hydrogen) atoms. The number of nitrogens with zero attached hydrogens (tertiary/aromatic N) is 1. The summed E-state index contributed by atoms with van der Waals surface area (Å²) in [6.07, 6.45) is 0. The van der Waals surface area contributed by atoms with Crippen LogP contribution in [0.15, 0.2) is 53.4 Å². The average Bonchev–Trinajstić information content (AvgIpc) is 2.84. The molecule has 2 amide bonds. The second-order valence-corrected chi connectivity index (χ2v) is 7.94. The molecule has 5 heteroatoms. The highest BCUT2D eigenvalue weighted by atomic mass is 32.2. The predicted octanol–water partition coefficient (Wildman–Crippen LogP) is 4.43. The highest BCUT2D eigenvalue weighted by molar-refractivity contribution is 8.04. The van der Waals surface area contributed by atoms with E-state index >= 15 is 0 Å². The second-order valence-electron chi connectivity index (χ2n) is 6.36. The van der Waals surface area contributed by atoms with Gasteiger partial charge in [0.15, 0.2) is 0 Å². The van der Waals surface area contributed by atoms with Gasteiger partial charge in [0.1, 0.15) is 5.75 Å². The summed E-state index contributed by atoms with van der Waals surface area (Å²) in [4.78, 5) is 28.1. The highest BCUT2D eigenvalue weighted by Crippen LogP contribution is 2.42. The van der Waals surface area contributed by atoms with Gasteiger partial charge in [0.25, 0.3) is 11.8 Å². The number of ether oxygens (including phenoxy) is 1. The van der Waals surface area contributed by atoms with Crippen LogP contribution in [0.2, 0.25) is 0 Å². The summed E-state index contributed by atoms with van der Waals surface area (Å²) in [6.45, 7) is 5.95. The topological polar surface area (TPSA) is 46.6 Å². The summed E-state index contributed by atoms with van der Waals surface area (Å²) in [5.74, 6) is -0.00921. The van der Waals surface area contributed by atoms with Crippen LogP contribution in [-0.2, 0) is 9.59 Å². The van der Waals surface area contributed by atoms with Crippen molar-refractivity contribution in [2.24, 2.45) is 0 Å². The summed E-state index contributed by atoms with van der Waals surface area (Å²) in [5, 5.41) is 0.170. The Morgan fingerprint density at radius 3 is 2.38 bits per heavy atom. The summed E-state index contributed by atoms with van der Waals surface area (Å²) in [5.41, 5.74) is 2.64. The summed E-state index contributed by atoms with van der Waals surface area (Å²) in [6, 6.07) is 14.7. The van der Waals surface area contributed by atoms with Gasteiger partial charge in [-0.1, -0.05) is 44.2 Å². The second kappa shape index (κ2) is 7.38. The van der Waals surface area contributed by atoms with E-state index in [9.17, 15) is 9.59 Å². The van der Waals surface area contributed by atoms with Crippen molar-refractivity contribution in [2.75, 3.05) is 12.0 Å². The maximum atomic E-state index is 13.3. The molecule has 0 aromatic heterocycles. The average molecular weight is 367 g/mol. The zero-order valence-electron chi connectivity index (χ0n) is 15.3. The van der Waals surface area contributed by atoms with Crippen molar-refractivity contribution in [3.63, 3.8) is 0 Å². The van der Waals surface area contributed by atoms with E-state index in [-0.39, 0.29) is 17.1 Å². The molecule has 4 nitrogen and oxygen atoms in total. The summed E-state index contributed by atoms with van der Waals surface area (Å²) < 4.78 is 5.43. The molecule has 0 radical (unpaired) electrons. The molecule has 0 unspecified atom stereocenters. The number of methoxy groups -OCH3 is 1. The van der Waals surface area contributed by atoms with Crippen LogP contribution in [0, 0.1) is 6.92 Å². The lowest BCUT2D eigenvalue weighted by Gasteiger charge is -2.16. The molecule has 0 spiro atoms. The molecule has 0 saturated heterocycles. The van der Waals surface area contributed by atoms with E-state index < -0.39 is 0 Å². The lowest BCUT2D eigenvalue weighted by atomic mass is 10.0. The summed E-state index contributed by atoms with van der Waals surface area (Å²) >= 11 is 1.41. The Bertz CT molecular complexity index is 902. The Morgan fingerprint density at radius 2 is 1.73 bits per heavy atom.